The van der Waals surface area contributed by atoms with E-state index in [-0.39, 0.29) is 11.8 Å². The first kappa shape index (κ1) is 26.8. The van der Waals surface area contributed by atoms with Crippen LogP contribution in [0.15, 0.2) is 83.9 Å². The van der Waals surface area contributed by atoms with Crippen molar-refractivity contribution in [3.8, 4) is 0 Å². The van der Waals surface area contributed by atoms with Gasteiger partial charge in [-0.25, -0.2) is 0 Å². The van der Waals surface area contributed by atoms with E-state index in [1.807, 2.05) is 72.8 Å². The second kappa shape index (κ2) is 10.9. The van der Waals surface area contributed by atoms with Crippen molar-refractivity contribution in [2.24, 2.45) is 4.99 Å². The number of anilines is 2. The molecule has 2 fully saturated rings. The molecule has 206 valence electrons. The van der Waals surface area contributed by atoms with Crippen LogP contribution in [-0.2, 0) is 9.59 Å². The Morgan fingerprint density at radius 2 is 1.70 bits per heavy atom. The predicted molar refractivity (Wildman–Crippen MR) is 162 cm³/mol. The molecule has 8 nitrogen and oxygen atoms in total. The second-order valence-electron chi connectivity index (χ2n) is 10.3. The third-order valence-electron chi connectivity index (χ3n) is 8.13. The van der Waals surface area contributed by atoms with Gasteiger partial charge in [-0.3, -0.25) is 24.8 Å². The van der Waals surface area contributed by atoms with E-state index < -0.39 is 17.2 Å². The summed E-state index contributed by atoms with van der Waals surface area (Å²) in [6, 6.07) is 25.3. The lowest BCUT2D eigenvalue weighted by molar-refractivity contribution is -0.125. The third-order valence-corrected chi connectivity index (χ3v) is 8.84. The molecule has 10 heteroatoms. The molecule has 3 aliphatic rings. The van der Waals surface area contributed by atoms with Gasteiger partial charge in [0.2, 0.25) is 5.91 Å². The molecule has 3 aromatic carbocycles. The van der Waals surface area contributed by atoms with E-state index >= 15 is 0 Å². The van der Waals surface area contributed by atoms with Gasteiger partial charge in [0, 0.05) is 42.0 Å². The quantitative estimate of drug-likeness (QED) is 0.320. The number of para-hydroxylation sites is 1. The Morgan fingerprint density at radius 3 is 2.40 bits per heavy atom. The van der Waals surface area contributed by atoms with Gasteiger partial charge in [0.25, 0.3) is 5.91 Å². The number of thiol groups is 1. The van der Waals surface area contributed by atoms with Gasteiger partial charge in [-0.1, -0.05) is 60.1 Å². The lowest BCUT2D eigenvalue weighted by Crippen LogP contribution is -2.60. The molecule has 1 spiro atoms. The summed E-state index contributed by atoms with van der Waals surface area (Å²) in [7, 11) is 1.75. The summed E-state index contributed by atoms with van der Waals surface area (Å²) in [6.45, 7) is 1.77. The lowest BCUT2D eigenvalue weighted by Gasteiger charge is -2.45. The van der Waals surface area contributed by atoms with Gasteiger partial charge in [0.15, 0.2) is 6.17 Å². The molecule has 3 aromatic rings. The lowest BCUT2D eigenvalue weighted by atomic mass is 9.86. The normalized spacial score (nSPS) is 21.6. The maximum absolute atomic E-state index is 13.6. The van der Waals surface area contributed by atoms with Crippen molar-refractivity contribution in [2.75, 3.05) is 36.6 Å². The van der Waals surface area contributed by atoms with Crippen LogP contribution < -0.4 is 20.4 Å². The number of nitrogens with zero attached hydrogens (tertiary/aromatic N) is 4. The van der Waals surface area contributed by atoms with E-state index in [0.29, 0.717) is 43.3 Å². The topological polar surface area (TPSA) is 80.3 Å². The number of piperidine rings is 1. The van der Waals surface area contributed by atoms with Gasteiger partial charge < -0.3 is 15.1 Å². The van der Waals surface area contributed by atoms with Gasteiger partial charge in [0.1, 0.15) is 11.0 Å². The van der Waals surface area contributed by atoms with Crippen LogP contribution in [-0.4, -0.2) is 66.4 Å². The number of nitrogens with one attached hydrogen (secondary N) is 2. The monoisotopic (exact) mass is 574 g/mol. The highest BCUT2D eigenvalue weighted by atomic mass is 35.5. The zero-order valence-electron chi connectivity index (χ0n) is 22.1. The number of hydrogen-bond donors (Lipinski definition) is 3. The summed E-state index contributed by atoms with van der Waals surface area (Å²) in [5.74, 6) is -0.124. The summed E-state index contributed by atoms with van der Waals surface area (Å²) >= 11 is 11.2. The van der Waals surface area contributed by atoms with E-state index in [4.69, 9.17) is 29.2 Å². The van der Waals surface area contributed by atoms with Crippen LogP contribution >= 0.6 is 24.2 Å². The van der Waals surface area contributed by atoms with Crippen molar-refractivity contribution in [1.29, 1.82) is 0 Å². The summed E-state index contributed by atoms with van der Waals surface area (Å²) in [6.07, 6.45) is 0.432. The van der Waals surface area contributed by atoms with Gasteiger partial charge in [-0.05, 0) is 43.2 Å². The maximum atomic E-state index is 13.6. The van der Waals surface area contributed by atoms with E-state index in [9.17, 15) is 9.59 Å². The molecule has 2 saturated heterocycles. The van der Waals surface area contributed by atoms with Crippen LogP contribution in [0.1, 0.15) is 24.0 Å². The molecule has 2 atom stereocenters. The first-order chi connectivity index (χ1) is 19.4. The standard InChI is InChI=1S/C30H31ClN6O2S/c1-35-24-13-12-21(31)18-23(24)25(20-8-4-2-5-9-20)33-26(27(35)38)34-29(40)36-16-14-30(15-17-36)28(39)32-19-37(30)22-10-6-3-7-11-22/h2-13,18,26,29,34,40H,14-17,19H2,1H3,(H,32,39). The molecule has 0 radical (unpaired) electrons. The first-order valence-electron chi connectivity index (χ1n) is 13.4. The molecule has 0 bridgehead atoms. The Balaban J connectivity index is 1.23. The van der Waals surface area contributed by atoms with Crippen molar-refractivity contribution in [3.05, 3.63) is 95.0 Å². The van der Waals surface area contributed by atoms with E-state index in [1.165, 1.54) is 0 Å². The molecule has 2 amide bonds. The summed E-state index contributed by atoms with van der Waals surface area (Å²) < 4.78 is 0. The number of halogens is 1. The third kappa shape index (κ3) is 4.77. The SMILES string of the molecule is CN1C(=O)C(NC(S)N2CCC3(CC2)C(=O)NCN3c2ccccc2)N=C(c2ccccc2)c2cc(Cl)ccc21. The molecule has 3 heterocycles. The highest BCUT2D eigenvalue weighted by Gasteiger charge is 2.51. The molecular weight excluding hydrogens is 544 g/mol. The highest BCUT2D eigenvalue weighted by Crippen LogP contribution is 2.37. The molecule has 2 N–H and O–H groups in total. The molecule has 6 rings (SSSR count). The van der Waals surface area contributed by atoms with Crippen molar-refractivity contribution in [2.45, 2.75) is 30.0 Å². The maximum Gasteiger partial charge on any atom is 0.266 e. The summed E-state index contributed by atoms with van der Waals surface area (Å²) in [5, 5.41) is 6.97. The Kier molecular flexibility index (Phi) is 7.31. The molecule has 0 saturated carbocycles. The minimum atomic E-state index is -0.861. The molecule has 40 heavy (non-hydrogen) atoms. The smallest absolute Gasteiger partial charge is 0.266 e. The Morgan fingerprint density at radius 1 is 1.02 bits per heavy atom. The van der Waals surface area contributed by atoms with Gasteiger partial charge >= 0.3 is 0 Å². The number of benzene rings is 3. The van der Waals surface area contributed by atoms with E-state index in [1.54, 1.807) is 18.0 Å². The zero-order chi connectivity index (χ0) is 27.9. The van der Waals surface area contributed by atoms with E-state index in [0.717, 1.165) is 22.5 Å². The average molecular weight is 575 g/mol. The second-order valence-corrected chi connectivity index (χ2v) is 11.3. The van der Waals surface area contributed by atoms with Crippen LogP contribution in [0.5, 0.6) is 0 Å². The van der Waals surface area contributed by atoms with Gasteiger partial charge in [0.05, 0.1) is 18.1 Å². The number of carbonyl (C=O) groups excluding carboxylic acids is 2. The Bertz CT molecular complexity index is 1450. The number of rotatable bonds is 5. The number of amides is 2. The minimum Gasteiger partial charge on any atom is -0.339 e. The zero-order valence-corrected chi connectivity index (χ0v) is 23.8. The number of aliphatic imine (C=N–C) groups is 1. The number of likely N-dealkylation sites (N-methyl/N-ethyl adjacent to an activating group) is 1. The van der Waals surface area contributed by atoms with Gasteiger partial charge in [-0.2, -0.15) is 0 Å². The number of benzodiazepines with no additional fused rings is 1. The minimum absolute atomic E-state index is 0.0637. The first-order valence-corrected chi connectivity index (χ1v) is 14.3. The molecule has 3 aliphatic heterocycles. The van der Waals surface area contributed by atoms with Crippen LogP contribution in [0, 0.1) is 0 Å². The summed E-state index contributed by atoms with van der Waals surface area (Å²) in [4.78, 5) is 37.6. The average Bonchev–Trinajstić information content (AvgIpc) is 3.25. The summed E-state index contributed by atoms with van der Waals surface area (Å²) in [5.41, 5.74) is 3.11. The number of carbonyl (C=O) groups is 2. The Labute approximate surface area is 244 Å². The molecule has 0 aliphatic carbocycles. The van der Waals surface area contributed by atoms with Crippen LogP contribution in [0.25, 0.3) is 0 Å². The fraction of sp³-hybridized carbons (Fsp3) is 0.300. The molecule has 0 aromatic heterocycles. The Hall–Kier alpha value is -3.37. The van der Waals surface area contributed by atoms with Crippen LogP contribution in [0.4, 0.5) is 11.4 Å². The molecular formula is C30H31ClN6O2S. The predicted octanol–water partition coefficient (Wildman–Crippen LogP) is 3.71. The largest absolute Gasteiger partial charge is 0.339 e. The van der Waals surface area contributed by atoms with Crippen molar-refractivity contribution in [3.63, 3.8) is 0 Å². The fourth-order valence-corrected chi connectivity index (χ4v) is 6.44. The van der Waals surface area contributed by atoms with E-state index in [2.05, 4.69) is 20.4 Å². The van der Waals surface area contributed by atoms with Crippen LogP contribution in [0.2, 0.25) is 5.02 Å². The highest BCUT2D eigenvalue weighted by molar-refractivity contribution is 7.80. The number of fused-ring (bicyclic) bond motifs is 1. The van der Waals surface area contributed by atoms with Crippen LogP contribution in [0.3, 0.4) is 0 Å². The van der Waals surface area contributed by atoms with Crippen molar-refractivity contribution < 1.29 is 9.59 Å². The van der Waals surface area contributed by atoms with Crippen molar-refractivity contribution >= 4 is 53.1 Å². The van der Waals surface area contributed by atoms with Gasteiger partial charge in [-0.15, -0.1) is 12.6 Å². The number of hydrogen-bond acceptors (Lipinski definition) is 7. The molecule has 2 unspecified atom stereocenters. The fourth-order valence-electron chi connectivity index (χ4n) is 5.90. The van der Waals surface area contributed by atoms with Crippen molar-refractivity contribution in [1.82, 2.24) is 15.5 Å². The number of likely N-dealkylation sites (tertiary alicyclic amines) is 1.